The van der Waals surface area contributed by atoms with Gasteiger partial charge in [0.15, 0.2) is 0 Å². The molecular weight excluding hydrogens is 328 g/mol. The molecular formula is C20H32N4O2. The molecule has 144 valence electrons. The van der Waals surface area contributed by atoms with E-state index in [0.29, 0.717) is 37.9 Å². The fourth-order valence-corrected chi connectivity index (χ4v) is 4.35. The van der Waals surface area contributed by atoms with Crippen molar-refractivity contribution in [1.29, 1.82) is 0 Å². The van der Waals surface area contributed by atoms with Crippen LogP contribution in [0, 0.1) is 11.8 Å². The number of hydrogen-bond acceptors (Lipinski definition) is 3. The van der Waals surface area contributed by atoms with Crippen molar-refractivity contribution >= 4 is 11.8 Å². The summed E-state index contributed by atoms with van der Waals surface area (Å²) in [7, 11) is 1.89. The van der Waals surface area contributed by atoms with Gasteiger partial charge in [-0.25, -0.2) is 0 Å². The Hall–Kier alpha value is -1.85. The van der Waals surface area contributed by atoms with Crippen molar-refractivity contribution in [3.8, 4) is 0 Å². The number of aryl methyl sites for hydroxylation is 1. The molecule has 2 aliphatic rings. The zero-order chi connectivity index (χ0) is 18.7. The molecule has 1 aromatic heterocycles. The van der Waals surface area contributed by atoms with Crippen LogP contribution in [0.2, 0.25) is 0 Å². The number of aromatic nitrogens is 2. The van der Waals surface area contributed by atoms with Gasteiger partial charge in [0.05, 0.1) is 12.1 Å². The Labute approximate surface area is 156 Å². The molecule has 0 aromatic carbocycles. The average Bonchev–Trinajstić information content (AvgIpc) is 3.25. The zero-order valence-corrected chi connectivity index (χ0v) is 16.4. The molecule has 26 heavy (non-hydrogen) atoms. The molecule has 1 saturated carbocycles. The second-order valence-electron chi connectivity index (χ2n) is 8.35. The van der Waals surface area contributed by atoms with Crippen LogP contribution in [0.3, 0.4) is 0 Å². The molecule has 0 unspecified atom stereocenters. The highest BCUT2D eigenvalue weighted by molar-refractivity contribution is 5.84. The third-order valence-electron chi connectivity index (χ3n) is 5.59. The molecule has 2 amide bonds. The van der Waals surface area contributed by atoms with E-state index in [9.17, 15) is 9.59 Å². The summed E-state index contributed by atoms with van der Waals surface area (Å²) in [5.74, 6) is 0.775. The number of amides is 2. The molecule has 6 heteroatoms. The Kier molecular flexibility index (Phi) is 5.99. The van der Waals surface area contributed by atoms with Crippen molar-refractivity contribution in [1.82, 2.24) is 19.6 Å². The second-order valence-corrected chi connectivity index (χ2v) is 8.35. The highest BCUT2D eigenvalue weighted by Crippen LogP contribution is 2.29. The van der Waals surface area contributed by atoms with Gasteiger partial charge in [0, 0.05) is 50.9 Å². The van der Waals surface area contributed by atoms with Gasteiger partial charge < -0.3 is 9.80 Å². The summed E-state index contributed by atoms with van der Waals surface area (Å²) in [4.78, 5) is 29.6. The lowest BCUT2D eigenvalue weighted by atomic mass is 9.94. The highest BCUT2D eigenvalue weighted by atomic mass is 16.2. The minimum absolute atomic E-state index is 0.0660. The first kappa shape index (κ1) is 18.9. The Bertz CT molecular complexity index is 634. The molecule has 2 heterocycles. The van der Waals surface area contributed by atoms with Crippen LogP contribution in [-0.2, 0) is 23.2 Å². The van der Waals surface area contributed by atoms with Crippen LogP contribution in [0.15, 0.2) is 12.4 Å². The predicted octanol–water partition coefficient (Wildman–Crippen LogP) is 2.59. The SMILES string of the molecule is CC(C)CN(Cc1cnn(C)c1)C(=O)[C@H]1CCC(=O)N(C2CCCC2)C1. The standard InChI is InChI=1S/C20H32N4O2/c1-15(2)11-23(13-16-10-21-22(3)12-16)20(26)17-8-9-19(25)24(14-17)18-6-4-5-7-18/h10,12,15,17-18H,4-9,11,13-14H2,1-3H3/t17-/m0/s1. The second kappa shape index (κ2) is 8.23. The lowest BCUT2D eigenvalue weighted by Crippen LogP contribution is -2.50. The lowest BCUT2D eigenvalue weighted by molar-refractivity contribution is -0.145. The fraction of sp³-hybridized carbons (Fsp3) is 0.750. The van der Waals surface area contributed by atoms with Crippen molar-refractivity contribution in [3.05, 3.63) is 18.0 Å². The van der Waals surface area contributed by atoms with Crippen molar-refractivity contribution in [2.45, 2.75) is 65.0 Å². The lowest BCUT2D eigenvalue weighted by Gasteiger charge is -2.38. The summed E-state index contributed by atoms with van der Waals surface area (Å²) >= 11 is 0. The maximum absolute atomic E-state index is 13.3. The molecule has 6 nitrogen and oxygen atoms in total. The average molecular weight is 361 g/mol. The van der Waals surface area contributed by atoms with E-state index >= 15 is 0 Å². The van der Waals surface area contributed by atoms with Gasteiger partial charge in [-0.05, 0) is 25.2 Å². The number of likely N-dealkylation sites (tertiary alicyclic amines) is 1. The van der Waals surface area contributed by atoms with Crippen molar-refractivity contribution in [2.24, 2.45) is 18.9 Å². The number of piperidine rings is 1. The molecule has 1 aromatic rings. The van der Waals surface area contributed by atoms with Gasteiger partial charge in [0.2, 0.25) is 11.8 Å². The van der Waals surface area contributed by atoms with Crippen LogP contribution in [0.4, 0.5) is 0 Å². The molecule has 1 aliphatic carbocycles. The number of nitrogens with zero attached hydrogens (tertiary/aromatic N) is 4. The Morgan fingerprint density at radius 1 is 1.31 bits per heavy atom. The monoisotopic (exact) mass is 360 g/mol. The third kappa shape index (κ3) is 4.46. The van der Waals surface area contributed by atoms with E-state index in [4.69, 9.17) is 0 Å². The normalized spacial score (nSPS) is 21.6. The third-order valence-corrected chi connectivity index (χ3v) is 5.59. The van der Waals surface area contributed by atoms with Crippen LogP contribution in [0.5, 0.6) is 0 Å². The van der Waals surface area contributed by atoms with Gasteiger partial charge in [0.1, 0.15) is 0 Å². The molecule has 1 aliphatic heterocycles. The maximum atomic E-state index is 13.3. The molecule has 1 saturated heterocycles. The molecule has 2 fully saturated rings. The van der Waals surface area contributed by atoms with E-state index in [1.54, 1.807) is 4.68 Å². The molecule has 3 rings (SSSR count). The van der Waals surface area contributed by atoms with Gasteiger partial charge in [0.25, 0.3) is 0 Å². The largest absolute Gasteiger partial charge is 0.339 e. The van der Waals surface area contributed by atoms with Gasteiger partial charge in [-0.1, -0.05) is 26.7 Å². The van der Waals surface area contributed by atoms with Crippen LogP contribution < -0.4 is 0 Å². The summed E-state index contributed by atoms with van der Waals surface area (Å²) in [6, 6.07) is 0.356. The summed E-state index contributed by atoms with van der Waals surface area (Å²) in [6.07, 6.45) is 9.58. The molecule has 1 atom stereocenters. The summed E-state index contributed by atoms with van der Waals surface area (Å²) in [5.41, 5.74) is 1.06. The van der Waals surface area contributed by atoms with Crippen molar-refractivity contribution in [2.75, 3.05) is 13.1 Å². The smallest absolute Gasteiger partial charge is 0.227 e. The van der Waals surface area contributed by atoms with Crippen molar-refractivity contribution in [3.63, 3.8) is 0 Å². The number of hydrogen-bond donors (Lipinski definition) is 0. The van der Waals surface area contributed by atoms with E-state index in [-0.39, 0.29) is 17.7 Å². The van der Waals surface area contributed by atoms with E-state index in [2.05, 4.69) is 18.9 Å². The van der Waals surface area contributed by atoms with E-state index < -0.39 is 0 Å². The Morgan fingerprint density at radius 2 is 2.04 bits per heavy atom. The van der Waals surface area contributed by atoms with E-state index in [1.807, 2.05) is 29.2 Å². The van der Waals surface area contributed by atoms with E-state index in [0.717, 1.165) is 24.9 Å². The highest BCUT2D eigenvalue weighted by Gasteiger charge is 2.36. The van der Waals surface area contributed by atoms with Crippen LogP contribution in [0.1, 0.15) is 57.9 Å². The Morgan fingerprint density at radius 3 is 2.65 bits per heavy atom. The van der Waals surface area contributed by atoms with Crippen molar-refractivity contribution < 1.29 is 9.59 Å². The predicted molar refractivity (Wildman–Crippen MR) is 100 cm³/mol. The molecule has 0 N–H and O–H groups in total. The van der Waals surface area contributed by atoms with Gasteiger partial charge in [-0.3, -0.25) is 14.3 Å². The minimum Gasteiger partial charge on any atom is -0.339 e. The first-order valence-corrected chi connectivity index (χ1v) is 10.00. The zero-order valence-electron chi connectivity index (χ0n) is 16.4. The topological polar surface area (TPSA) is 58.4 Å². The number of carbonyl (C=O) groups excluding carboxylic acids is 2. The van der Waals surface area contributed by atoms with Gasteiger partial charge in [-0.15, -0.1) is 0 Å². The molecule has 0 spiro atoms. The first-order chi connectivity index (χ1) is 12.4. The maximum Gasteiger partial charge on any atom is 0.227 e. The van der Waals surface area contributed by atoms with Crippen LogP contribution >= 0.6 is 0 Å². The quantitative estimate of drug-likeness (QED) is 0.783. The van der Waals surface area contributed by atoms with Crippen LogP contribution in [0.25, 0.3) is 0 Å². The number of rotatable bonds is 6. The summed E-state index contributed by atoms with van der Waals surface area (Å²) in [6.45, 7) is 6.21. The molecule has 0 radical (unpaired) electrons. The van der Waals surface area contributed by atoms with Gasteiger partial charge >= 0.3 is 0 Å². The number of carbonyl (C=O) groups is 2. The van der Waals surface area contributed by atoms with E-state index in [1.165, 1.54) is 12.8 Å². The summed E-state index contributed by atoms with van der Waals surface area (Å²) in [5, 5.41) is 4.22. The Balaban J connectivity index is 1.69. The van der Waals surface area contributed by atoms with Crippen LogP contribution in [-0.4, -0.2) is 50.5 Å². The summed E-state index contributed by atoms with van der Waals surface area (Å²) < 4.78 is 1.77. The molecule has 0 bridgehead atoms. The fourth-order valence-electron chi connectivity index (χ4n) is 4.35. The van der Waals surface area contributed by atoms with Gasteiger partial charge in [-0.2, -0.15) is 5.10 Å². The first-order valence-electron chi connectivity index (χ1n) is 10.00. The minimum atomic E-state index is -0.0660.